The molecule has 1 N–H and O–H groups in total. The number of nitrogens with one attached hydrogen (secondary N) is 1. The number of hydrogen-bond donors (Lipinski definition) is 1. The zero-order valence-corrected chi connectivity index (χ0v) is 11.9. The number of anilines is 1. The average Bonchev–Trinajstić information content (AvgIpc) is 3.19. The largest absolute Gasteiger partial charge is 0.341 e. The maximum atomic E-state index is 12.3. The van der Waals surface area contributed by atoms with E-state index in [1.54, 1.807) is 4.68 Å². The summed E-state index contributed by atoms with van der Waals surface area (Å²) in [6, 6.07) is 9.24. The van der Waals surface area contributed by atoms with Gasteiger partial charge in [0.05, 0.1) is 5.69 Å². The fourth-order valence-electron chi connectivity index (χ4n) is 2.49. The van der Waals surface area contributed by atoms with Crippen molar-refractivity contribution < 1.29 is 4.79 Å². The van der Waals surface area contributed by atoms with Crippen LogP contribution in [0.4, 0.5) is 5.95 Å². The quantitative estimate of drug-likeness (QED) is 0.910. The Morgan fingerprint density at radius 1 is 1.24 bits per heavy atom. The number of tetrazole rings is 1. The van der Waals surface area contributed by atoms with Crippen LogP contribution in [0.25, 0.3) is 5.69 Å². The molecule has 1 aromatic carbocycles. The van der Waals surface area contributed by atoms with Gasteiger partial charge in [0.2, 0.25) is 11.9 Å². The van der Waals surface area contributed by atoms with Crippen LogP contribution in [0.2, 0.25) is 0 Å². The molecule has 2 heterocycles. The van der Waals surface area contributed by atoms with Gasteiger partial charge in [-0.25, -0.2) is 0 Å². The molecule has 110 valence electrons. The summed E-state index contributed by atoms with van der Waals surface area (Å²) in [5, 5.41) is 14.7. The van der Waals surface area contributed by atoms with E-state index < -0.39 is 0 Å². The summed E-state index contributed by atoms with van der Waals surface area (Å²) in [4.78, 5) is 14.2. The SMILES string of the molecule is CC(Nc1nnnn1-c1ccccc1)C(=O)N1CCCC1. The fraction of sp³-hybridized carbons (Fsp3) is 0.429. The van der Waals surface area contributed by atoms with E-state index >= 15 is 0 Å². The zero-order chi connectivity index (χ0) is 14.7. The van der Waals surface area contributed by atoms with Crippen LogP contribution >= 0.6 is 0 Å². The van der Waals surface area contributed by atoms with Crippen molar-refractivity contribution in [3.8, 4) is 5.69 Å². The number of para-hydroxylation sites is 1. The number of nitrogens with zero attached hydrogens (tertiary/aromatic N) is 5. The van der Waals surface area contributed by atoms with Crippen LogP contribution < -0.4 is 5.32 Å². The fourth-order valence-corrected chi connectivity index (χ4v) is 2.49. The molecular weight excluding hydrogens is 268 g/mol. The van der Waals surface area contributed by atoms with E-state index in [1.807, 2.05) is 42.2 Å². The summed E-state index contributed by atoms with van der Waals surface area (Å²) < 4.78 is 1.59. The second kappa shape index (κ2) is 5.90. The Kier molecular flexibility index (Phi) is 3.81. The third-order valence-electron chi connectivity index (χ3n) is 3.60. The van der Waals surface area contributed by atoms with Gasteiger partial charge >= 0.3 is 0 Å². The molecule has 1 amide bonds. The smallest absolute Gasteiger partial charge is 0.248 e. The van der Waals surface area contributed by atoms with Crippen molar-refractivity contribution in [2.24, 2.45) is 0 Å². The van der Waals surface area contributed by atoms with Crippen molar-refractivity contribution in [1.29, 1.82) is 0 Å². The van der Waals surface area contributed by atoms with Gasteiger partial charge in [0.15, 0.2) is 0 Å². The van der Waals surface area contributed by atoms with Crippen LogP contribution in [0.3, 0.4) is 0 Å². The van der Waals surface area contributed by atoms with Crippen LogP contribution in [0, 0.1) is 0 Å². The summed E-state index contributed by atoms with van der Waals surface area (Å²) in [7, 11) is 0. The average molecular weight is 286 g/mol. The maximum absolute atomic E-state index is 12.3. The van der Waals surface area contributed by atoms with Gasteiger partial charge in [-0.1, -0.05) is 23.3 Å². The molecule has 21 heavy (non-hydrogen) atoms. The van der Waals surface area contributed by atoms with Gasteiger partial charge in [-0.3, -0.25) is 4.79 Å². The molecule has 0 bridgehead atoms. The Morgan fingerprint density at radius 3 is 2.67 bits per heavy atom. The zero-order valence-electron chi connectivity index (χ0n) is 11.9. The second-order valence-electron chi connectivity index (χ2n) is 5.15. The van der Waals surface area contributed by atoms with E-state index in [2.05, 4.69) is 20.8 Å². The summed E-state index contributed by atoms with van der Waals surface area (Å²) in [5.74, 6) is 0.566. The van der Waals surface area contributed by atoms with Gasteiger partial charge in [0.1, 0.15) is 6.04 Å². The van der Waals surface area contributed by atoms with Gasteiger partial charge in [0.25, 0.3) is 0 Å². The van der Waals surface area contributed by atoms with E-state index in [9.17, 15) is 4.79 Å². The van der Waals surface area contributed by atoms with Crippen molar-refractivity contribution in [3.05, 3.63) is 30.3 Å². The highest BCUT2D eigenvalue weighted by Crippen LogP contribution is 2.14. The molecule has 1 saturated heterocycles. The Bertz CT molecular complexity index is 605. The van der Waals surface area contributed by atoms with Crippen molar-refractivity contribution in [3.63, 3.8) is 0 Å². The molecule has 1 aromatic heterocycles. The Morgan fingerprint density at radius 2 is 1.95 bits per heavy atom. The number of carbonyl (C=O) groups excluding carboxylic acids is 1. The lowest BCUT2D eigenvalue weighted by Crippen LogP contribution is -2.40. The minimum Gasteiger partial charge on any atom is -0.341 e. The second-order valence-corrected chi connectivity index (χ2v) is 5.15. The summed E-state index contributed by atoms with van der Waals surface area (Å²) in [6.45, 7) is 3.52. The van der Waals surface area contributed by atoms with E-state index in [-0.39, 0.29) is 11.9 Å². The topological polar surface area (TPSA) is 75.9 Å². The number of aromatic nitrogens is 4. The monoisotopic (exact) mass is 286 g/mol. The van der Waals surface area contributed by atoms with E-state index in [0.717, 1.165) is 31.6 Å². The van der Waals surface area contributed by atoms with Crippen molar-refractivity contribution in [2.45, 2.75) is 25.8 Å². The first-order chi connectivity index (χ1) is 10.3. The molecule has 7 nitrogen and oxygen atoms in total. The number of likely N-dealkylation sites (tertiary alicyclic amines) is 1. The molecule has 1 atom stereocenters. The Labute approximate surface area is 122 Å². The molecule has 1 aliphatic heterocycles. The van der Waals surface area contributed by atoms with Gasteiger partial charge in [-0.2, -0.15) is 4.68 Å². The highest BCUT2D eigenvalue weighted by atomic mass is 16.2. The molecule has 7 heteroatoms. The minimum absolute atomic E-state index is 0.0927. The van der Waals surface area contributed by atoms with E-state index in [4.69, 9.17) is 0 Å². The molecule has 0 radical (unpaired) electrons. The molecule has 0 aliphatic carbocycles. The first kappa shape index (κ1) is 13.5. The van der Waals surface area contributed by atoms with Crippen molar-refractivity contribution in [1.82, 2.24) is 25.1 Å². The van der Waals surface area contributed by atoms with E-state index in [1.165, 1.54) is 0 Å². The van der Waals surface area contributed by atoms with E-state index in [0.29, 0.717) is 5.95 Å². The summed E-state index contributed by atoms with van der Waals surface area (Å²) >= 11 is 0. The normalized spacial score (nSPS) is 16.0. The maximum Gasteiger partial charge on any atom is 0.248 e. The van der Waals surface area contributed by atoms with Gasteiger partial charge in [0, 0.05) is 13.1 Å². The van der Waals surface area contributed by atoms with Crippen LogP contribution in [0.1, 0.15) is 19.8 Å². The van der Waals surface area contributed by atoms with Gasteiger partial charge < -0.3 is 10.2 Å². The predicted octanol–water partition coefficient (Wildman–Crippen LogP) is 1.09. The number of benzene rings is 1. The Hall–Kier alpha value is -2.44. The highest BCUT2D eigenvalue weighted by Gasteiger charge is 2.24. The molecule has 3 rings (SSSR count). The number of carbonyl (C=O) groups is 1. The number of hydrogen-bond acceptors (Lipinski definition) is 5. The summed E-state index contributed by atoms with van der Waals surface area (Å²) in [6.07, 6.45) is 2.17. The lowest BCUT2D eigenvalue weighted by atomic mass is 10.3. The van der Waals surface area contributed by atoms with Crippen LogP contribution in [0.15, 0.2) is 30.3 Å². The molecular formula is C14H18N6O. The van der Waals surface area contributed by atoms with Crippen molar-refractivity contribution >= 4 is 11.9 Å². The molecule has 0 saturated carbocycles. The predicted molar refractivity (Wildman–Crippen MR) is 78.1 cm³/mol. The first-order valence-corrected chi connectivity index (χ1v) is 7.15. The van der Waals surface area contributed by atoms with Gasteiger partial charge in [-0.05, 0) is 42.3 Å². The standard InChI is InChI=1S/C14H18N6O/c1-11(13(21)19-9-5-6-10-19)15-14-16-17-18-20(14)12-7-3-2-4-8-12/h2-4,7-8,11H,5-6,9-10H2,1H3,(H,15,16,18). The van der Waals surface area contributed by atoms with Crippen molar-refractivity contribution in [2.75, 3.05) is 18.4 Å². The summed E-state index contributed by atoms with van der Waals surface area (Å²) in [5.41, 5.74) is 0.853. The molecule has 2 aromatic rings. The molecule has 1 unspecified atom stereocenters. The molecule has 1 fully saturated rings. The highest BCUT2D eigenvalue weighted by molar-refractivity contribution is 5.84. The van der Waals surface area contributed by atoms with Gasteiger partial charge in [-0.15, -0.1) is 0 Å². The lowest BCUT2D eigenvalue weighted by Gasteiger charge is -2.21. The first-order valence-electron chi connectivity index (χ1n) is 7.15. The van der Waals surface area contributed by atoms with Crippen LogP contribution in [0.5, 0.6) is 0 Å². The van der Waals surface area contributed by atoms with Crippen LogP contribution in [-0.2, 0) is 4.79 Å². The molecule has 0 spiro atoms. The molecule has 1 aliphatic rings. The van der Waals surface area contributed by atoms with Crippen LogP contribution in [-0.4, -0.2) is 50.1 Å². The Balaban J connectivity index is 1.73. The number of amides is 1. The third-order valence-corrected chi connectivity index (χ3v) is 3.60. The third kappa shape index (κ3) is 2.86. The lowest BCUT2D eigenvalue weighted by molar-refractivity contribution is -0.130. The minimum atomic E-state index is -0.350. The number of rotatable bonds is 4.